The zero-order valence-electron chi connectivity index (χ0n) is 14.8. The van der Waals surface area contributed by atoms with Gasteiger partial charge in [0.05, 0.1) is 0 Å². The zero-order chi connectivity index (χ0) is 14.8. The smallest absolute Gasteiger partial charge is 0.0261 e. The van der Waals surface area contributed by atoms with Gasteiger partial charge in [-0.3, -0.25) is 0 Å². The Bertz CT molecular complexity index is 412. The minimum atomic E-state index is 0.691. The Morgan fingerprint density at radius 2 is 1.52 bits per heavy atom. The highest BCUT2D eigenvalue weighted by Crippen LogP contribution is 2.69. The molecule has 0 aromatic carbocycles. The highest BCUT2D eigenvalue weighted by atomic mass is 14.7. The SMILES string of the molecule is CC1CCC2(C)C(CCC3(C)C4CCC(C)C4CCC23)C1. The van der Waals surface area contributed by atoms with Crippen LogP contribution in [0.15, 0.2) is 0 Å². The molecular weight excluding hydrogens is 252 g/mol. The number of fused-ring (bicyclic) bond motifs is 5. The fourth-order valence-electron chi connectivity index (χ4n) is 7.99. The molecular formula is C21H36. The second-order valence-corrected chi connectivity index (χ2v) is 10.1. The average Bonchev–Trinajstić information content (AvgIpc) is 2.83. The summed E-state index contributed by atoms with van der Waals surface area (Å²) in [4.78, 5) is 0. The van der Waals surface area contributed by atoms with E-state index >= 15 is 0 Å². The maximum atomic E-state index is 2.73. The molecule has 0 heterocycles. The highest BCUT2D eigenvalue weighted by molar-refractivity contribution is 5.10. The van der Waals surface area contributed by atoms with Gasteiger partial charge in [0.2, 0.25) is 0 Å². The number of hydrogen-bond donors (Lipinski definition) is 0. The third kappa shape index (κ3) is 1.93. The molecule has 4 aliphatic carbocycles. The van der Waals surface area contributed by atoms with Crippen molar-refractivity contribution in [1.82, 2.24) is 0 Å². The van der Waals surface area contributed by atoms with Crippen LogP contribution in [0.3, 0.4) is 0 Å². The third-order valence-corrected chi connectivity index (χ3v) is 9.24. The van der Waals surface area contributed by atoms with E-state index in [1.807, 2.05) is 0 Å². The van der Waals surface area contributed by atoms with Crippen LogP contribution in [0.2, 0.25) is 0 Å². The second kappa shape index (κ2) is 4.75. The molecule has 0 heteroatoms. The molecule has 0 aromatic rings. The van der Waals surface area contributed by atoms with Crippen LogP contribution < -0.4 is 0 Å². The molecule has 4 aliphatic rings. The molecule has 0 radical (unpaired) electrons. The van der Waals surface area contributed by atoms with Gasteiger partial charge in [-0.25, -0.2) is 0 Å². The van der Waals surface area contributed by atoms with E-state index in [1.165, 1.54) is 25.7 Å². The average molecular weight is 289 g/mol. The van der Waals surface area contributed by atoms with Crippen molar-refractivity contribution >= 4 is 0 Å². The van der Waals surface area contributed by atoms with E-state index in [0.29, 0.717) is 10.8 Å². The molecule has 0 spiro atoms. The predicted octanol–water partition coefficient (Wildman–Crippen LogP) is 6.30. The molecule has 4 rings (SSSR count). The van der Waals surface area contributed by atoms with Gasteiger partial charge in [0.1, 0.15) is 0 Å². The van der Waals surface area contributed by atoms with Crippen LogP contribution >= 0.6 is 0 Å². The summed E-state index contributed by atoms with van der Waals surface area (Å²) in [6, 6.07) is 0. The van der Waals surface area contributed by atoms with Gasteiger partial charge in [-0.2, -0.15) is 0 Å². The van der Waals surface area contributed by atoms with Crippen LogP contribution in [0.25, 0.3) is 0 Å². The maximum absolute atomic E-state index is 2.73. The Hall–Kier alpha value is 0. The molecule has 0 bridgehead atoms. The van der Waals surface area contributed by atoms with Gasteiger partial charge >= 0.3 is 0 Å². The Morgan fingerprint density at radius 1 is 0.762 bits per heavy atom. The van der Waals surface area contributed by atoms with E-state index in [9.17, 15) is 0 Å². The lowest BCUT2D eigenvalue weighted by molar-refractivity contribution is -0.146. The van der Waals surface area contributed by atoms with Crippen molar-refractivity contribution in [2.24, 2.45) is 46.3 Å². The van der Waals surface area contributed by atoms with Gasteiger partial charge in [-0.1, -0.05) is 40.5 Å². The molecule has 21 heavy (non-hydrogen) atoms. The quantitative estimate of drug-likeness (QED) is 0.490. The summed E-state index contributed by atoms with van der Waals surface area (Å²) in [5.74, 6) is 6.26. The van der Waals surface area contributed by atoms with Crippen molar-refractivity contribution in [1.29, 1.82) is 0 Å². The number of hydrogen-bond acceptors (Lipinski definition) is 0. The van der Waals surface area contributed by atoms with Gasteiger partial charge in [-0.05, 0) is 91.3 Å². The highest BCUT2D eigenvalue weighted by Gasteiger charge is 2.60. The molecule has 8 unspecified atom stereocenters. The van der Waals surface area contributed by atoms with E-state index in [0.717, 1.165) is 35.5 Å². The van der Waals surface area contributed by atoms with Crippen LogP contribution in [0.1, 0.15) is 85.5 Å². The molecule has 0 aliphatic heterocycles. The van der Waals surface area contributed by atoms with E-state index in [1.54, 1.807) is 32.1 Å². The molecule has 4 saturated carbocycles. The Balaban J connectivity index is 1.66. The molecule has 0 saturated heterocycles. The van der Waals surface area contributed by atoms with Crippen molar-refractivity contribution in [3.63, 3.8) is 0 Å². The fourth-order valence-corrected chi connectivity index (χ4v) is 7.99. The van der Waals surface area contributed by atoms with Gasteiger partial charge in [0.15, 0.2) is 0 Å². The molecule has 0 amide bonds. The third-order valence-electron chi connectivity index (χ3n) is 9.24. The van der Waals surface area contributed by atoms with E-state index < -0.39 is 0 Å². The van der Waals surface area contributed by atoms with Crippen molar-refractivity contribution < 1.29 is 0 Å². The van der Waals surface area contributed by atoms with E-state index in [4.69, 9.17) is 0 Å². The Kier molecular flexibility index (Phi) is 3.30. The summed E-state index contributed by atoms with van der Waals surface area (Å²) < 4.78 is 0. The summed E-state index contributed by atoms with van der Waals surface area (Å²) in [7, 11) is 0. The summed E-state index contributed by atoms with van der Waals surface area (Å²) >= 11 is 0. The predicted molar refractivity (Wildman–Crippen MR) is 90.1 cm³/mol. The lowest BCUT2D eigenvalue weighted by Crippen LogP contribution is -2.56. The van der Waals surface area contributed by atoms with Crippen LogP contribution in [-0.4, -0.2) is 0 Å². The molecule has 0 N–H and O–H groups in total. The summed E-state index contributed by atoms with van der Waals surface area (Å²) in [6.07, 6.45) is 13.9. The van der Waals surface area contributed by atoms with Crippen LogP contribution in [-0.2, 0) is 0 Å². The summed E-state index contributed by atoms with van der Waals surface area (Å²) in [5, 5.41) is 0. The van der Waals surface area contributed by atoms with Gasteiger partial charge in [0, 0.05) is 0 Å². The summed E-state index contributed by atoms with van der Waals surface area (Å²) in [6.45, 7) is 10.5. The fraction of sp³-hybridized carbons (Fsp3) is 1.00. The van der Waals surface area contributed by atoms with Crippen LogP contribution in [0.5, 0.6) is 0 Å². The van der Waals surface area contributed by atoms with Gasteiger partial charge < -0.3 is 0 Å². The molecule has 120 valence electrons. The maximum Gasteiger partial charge on any atom is -0.0261 e. The lowest BCUT2D eigenvalue weighted by Gasteiger charge is -2.64. The van der Waals surface area contributed by atoms with Gasteiger partial charge in [-0.15, -0.1) is 0 Å². The van der Waals surface area contributed by atoms with Crippen molar-refractivity contribution in [3.8, 4) is 0 Å². The first-order valence-electron chi connectivity index (χ1n) is 9.95. The molecule has 4 fully saturated rings. The van der Waals surface area contributed by atoms with E-state index in [-0.39, 0.29) is 0 Å². The van der Waals surface area contributed by atoms with Crippen LogP contribution in [0.4, 0.5) is 0 Å². The molecule has 0 nitrogen and oxygen atoms in total. The van der Waals surface area contributed by atoms with E-state index in [2.05, 4.69) is 27.7 Å². The zero-order valence-corrected chi connectivity index (χ0v) is 14.8. The second-order valence-electron chi connectivity index (χ2n) is 10.1. The summed E-state index contributed by atoms with van der Waals surface area (Å²) in [5.41, 5.74) is 1.38. The minimum Gasteiger partial charge on any atom is -0.0625 e. The largest absolute Gasteiger partial charge is 0.0625 e. The Morgan fingerprint density at radius 3 is 2.33 bits per heavy atom. The van der Waals surface area contributed by atoms with Crippen molar-refractivity contribution in [2.45, 2.75) is 85.5 Å². The molecule has 8 atom stereocenters. The van der Waals surface area contributed by atoms with Crippen molar-refractivity contribution in [3.05, 3.63) is 0 Å². The first-order valence-corrected chi connectivity index (χ1v) is 9.95. The van der Waals surface area contributed by atoms with Crippen LogP contribution in [0, 0.1) is 46.3 Å². The monoisotopic (exact) mass is 288 g/mol. The first-order chi connectivity index (χ1) is 9.95. The first kappa shape index (κ1) is 14.6. The molecule has 0 aromatic heterocycles. The standard InChI is InChI=1S/C21H36/c1-14-9-11-20(3)16(13-14)10-12-21(4)18-7-5-15(2)17(18)6-8-19(20)21/h14-19H,5-13H2,1-4H3. The normalized spacial score (nSPS) is 60.0. The Labute approximate surface area is 132 Å². The van der Waals surface area contributed by atoms with Crippen molar-refractivity contribution in [2.75, 3.05) is 0 Å². The number of rotatable bonds is 0. The lowest BCUT2D eigenvalue weighted by atomic mass is 9.41. The minimum absolute atomic E-state index is 0.691. The van der Waals surface area contributed by atoms with Gasteiger partial charge in [0.25, 0.3) is 0 Å². The topological polar surface area (TPSA) is 0 Å².